The van der Waals surface area contributed by atoms with E-state index in [1.165, 1.54) is 0 Å². The highest BCUT2D eigenvalue weighted by atomic mass is 35.5. The van der Waals surface area contributed by atoms with Crippen LogP contribution in [0.5, 0.6) is 0 Å². The molecule has 2 bridgehead atoms. The maximum atomic E-state index is 12.9. The average Bonchev–Trinajstić information content (AvgIpc) is 2.54. The van der Waals surface area contributed by atoms with Gasteiger partial charge in [-0.15, -0.1) is 0 Å². The molecule has 2 aliphatic rings. The molecule has 0 amide bonds. The van der Waals surface area contributed by atoms with Crippen LogP contribution in [0.15, 0.2) is 29.3 Å². The predicted octanol–water partition coefficient (Wildman–Crippen LogP) is 3.46. The molecular formula is C18H23ClN2O2. The quantitative estimate of drug-likeness (QED) is 0.896. The van der Waals surface area contributed by atoms with Gasteiger partial charge in [-0.2, -0.15) is 0 Å². The summed E-state index contributed by atoms with van der Waals surface area (Å²) in [6, 6.07) is 7.52. The van der Waals surface area contributed by atoms with Gasteiger partial charge in [0.2, 0.25) is 5.78 Å². The standard InChI is InChI=1S/C18H23ClN2O2/c1-12(11-20)8-9-16-21-18(13-5-2-3-6-14(13)19)10-4-7-15(23-16)17(18)22/h2-3,5-6,12,15H,4,7-11,20H2,1H3/t12-,15+,18+/m0/s1. The molecule has 0 spiro atoms. The summed E-state index contributed by atoms with van der Waals surface area (Å²) in [5, 5.41) is 0.599. The van der Waals surface area contributed by atoms with Crippen LogP contribution in [0.1, 0.15) is 44.6 Å². The number of carbonyl (C=O) groups excluding carboxylic acids is 1. The van der Waals surface area contributed by atoms with Crippen molar-refractivity contribution >= 4 is 23.3 Å². The molecule has 2 N–H and O–H groups in total. The van der Waals surface area contributed by atoms with E-state index in [0.717, 1.165) is 24.8 Å². The number of ketones is 1. The second-order valence-corrected chi connectivity index (χ2v) is 7.00. The highest BCUT2D eigenvalue weighted by Crippen LogP contribution is 2.44. The van der Waals surface area contributed by atoms with Gasteiger partial charge in [-0.25, -0.2) is 4.99 Å². The first-order chi connectivity index (χ1) is 11.1. The van der Waals surface area contributed by atoms with E-state index in [-0.39, 0.29) is 11.9 Å². The van der Waals surface area contributed by atoms with Crippen molar-refractivity contribution in [3.63, 3.8) is 0 Å². The molecule has 0 unspecified atom stereocenters. The molecule has 0 saturated heterocycles. The van der Waals surface area contributed by atoms with Crippen LogP contribution >= 0.6 is 11.6 Å². The van der Waals surface area contributed by atoms with E-state index in [9.17, 15) is 4.79 Å². The first kappa shape index (κ1) is 16.5. The Bertz CT molecular complexity index is 631. The molecular weight excluding hydrogens is 312 g/mol. The average molecular weight is 335 g/mol. The summed E-state index contributed by atoms with van der Waals surface area (Å²) in [5.41, 5.74) is 5.64. The number of carbonyl (C=O) groups is 1. The van der Waals surface area contributed by atoms with Gasteiger partial charge in [0.05, 0.1) is 0 Å². The van der Waals surface area contributed by atoms with Crippen molar-refractivity contribution in [1.29, 1.82) is 0 Å². The number of nitrogens with zero attached hydrogens (tertiary/aromatic N) is 1. The van der Waals surface area contributed by atoms with E-state index in [1.54, 1.807) is 0 Å². The first-order valence-corrected chi connectivity index (χ1v) is 8.69. The number of halogens is 1. The lowest BCUT2D eigenvalue weighted by atomic mass is 9.74. The molecule has 1 aliphatic carbocycles. The Hall–Kier alpha value is -1.39. The third-order valence-corrected chi connectivity index (χ3v) is 5.20. The van der Waals surface area contributed by atoms with Crippen LogP contribution in [0.3, 0.4) is 0 Å². The van der Waals surface area contributed by atoms with Gasteiger partial charge in [-0.05, 0) is 44.2 Å². The van der Waals surface area contributed by atoms with Gasteiger partial charge in [-0.3, -0.25) is 4.79 Å². The molecule has 1 aromatic carbocycles. The second-order valence-electron chi connectivity index (χ2n) is 6.59. The molecule has 5 heteroatoms. The largest absolute Gasteiger partial charge is 0.470 e. The van der Waals surface area contributed by atoms with Crippen molar-refractivity contribution in [1.82, 2.24) is 0 Å². The fraction of sp³-hybridized carbons (Fsp3) is 0.556. The fourth-order valence-electron chi connectivity index (χ4n) is 3.42. The van der Waals surface area contributed by atoms with Crippen molar-refractivity contribution in [2.45, 2.75) is 50.7 Å². The number of hydrogen-bond donors (Lipinski definition) is 1. The normalized spacial score (nSPS) is 28.0. The van der Waals surface area contributed by atoms with Crippen LogP contribution in [0.25, 0.3) is 0 Å². The summed E-state index contributed by atoms with van der Waals surface area (Å²) in [5.74, 6) is 1.14. The Labute approximate surface area is 142 Å². The van der Waals surface area contributed by atoms with Crippen LogP contribution in [-0.2, 0) is 15.1 Å². The van der Waals surface area contributed by atoms with Crippen LogP contribution in [0.2, 0.25) is 5.02 Å². The van der Waals surface area contributed by atoms with Crippen molar-refractivity contribution in [2.24, 2.45) is 16.6 Å². The molecule has 124 valence electrons. The second kappa shape index (κ2) is 6.62. The summed E-state index contributed by atoms with van der Waals surface area (Å²) in [6.07, 6.45) is 3.61. The Morgan fingerprint density at radius 1 is 1.48 bits per heavy atom. The monoisotopic (exact) mass is 334 g/mol. The number of ether oxygens (including phenoxy) is 1. The van der Waals surface area contributed by atoms with Crippen LogP contribution in [0, 0.1) is 5.92 Å². The summed E-state index contributed by atoms with van der Waals surface area (Å²) in [6.45, 7) is 2.75. The lowest BCUT2D eigenvalue weighted by Crippen LogP contribution is -2.51. The van der Waals surface area contributed by atoms with E-state index < -0.39 is 5.54 Å². The number of hydrogen-bond acceptors (Lipinski definition) is 4. The minimum atomic E-state index is -0.860. The molecule has 1 fully saturated rings. The highest BCUT2D eigenvalue weighted by Gasteiger charge is 2.51. The predicted molar refractivity (Wildman–Crippen MR) is 91.7 cm³/mol. The third-order valence-electron chi connectivity index (χ3n) is 4.87. The molecule has 23 heavy (non-hydrogen) atoms. The van der Waals surface area contributed by atoms with Gasteiger partial charge in [-0.1, -0.05) is 36.7 Å². The Balaban J connectivity index is 1.97. The topological polar surface area (TPSA) is 64.7 Å². The maximum absolute atomic E-state index is 12.9. The van der Waals surface area contributed by atoms with Crippen LogP contribution in [0.4, 0.5) is 0 Å². The van der Waals surface area contributed by atoms with Crippen LogP contribution < -0.4 is 5.73 Å². The minimum Gasteiger partial charge on any atom is -0.470 e. The number of aliphatic imine (C=N–C) groups is 1. The van der Waals surface area contributed by atoms with E-state index >= 15 is 0 Å². The molecule has 1 aromatic rings. The fourth-order valence-corrected chi connectivity index (χ4v) is 3.71. The molecule has 1 aliphatic heterocycles. The smallest absolute Gasteiger partial charge is 0.205 e. The molecule has 1 saturated carbocycles. The van der Waals surface area contributed by atoms with Gasteiger partial charge in [0.15, 0.2) is 17.5 Å². The summed E-state index contributed by atoms with van der Waals surface area (Å²) in [4.78, 5) is 17.7. The minimum absolute atomic E-state index is 0.0486. The molecule has 3 rings (SSSR count). The Morgan fingerprint density at radius 3 is 3.00 bits per heavy atom. The van der Waals surface area contributed by atoms with Gasteiger partial charge in [0.1, 0.15) is 0 Å². The lowest BCUT2D eigenvalue weighted by molar-refractivity contribution is -0.137. The third kappa shape index (κ3) is 3.02. The Morgan fingerprint density at radius 2 is 2.26 bits per heavy atom. The van der Waals surface area contributed by atoms with Crippen molar-refractivity contribution in [3.8, 4) is 0 Å². The number of nitrogens with two attached hydrogens (primary N) is 1. The zero-order valence-electron chi connectivity index (χ0n) is 13.4. The van der Waals surface area contributed by atoms with Crippen molar-refractivity contribution in [3.05, 3.63) is 34.9 Å². The van der Waals surface area contributed by atoms with E-state index in [4.69, 9.17) is 27.1 Å². The molecule has 3 atom stereocenters. The first-order valence-electron chi connectivity index (χ1n) is 8.31. The number of fused-ring (bicyclic) bond motifs is 2. The van der Waals surface area contributed by atoms with E-state index in [2.05, 4.69) is 6.92 Å². The Kier molecular flexibility index (Phi) is 4.74. The van der Waals surface area contributed by atoms with E-state index in [1.807, 2.05) is 24.3 Å². The molecule has 0 radical (unpaired) electrons. The number of rotatable bonds is 5. The van der Waals surface area contributed by atoms with Crippen LogP contribution in [-0.4, -0.2) is 24.3 Å². The van der Waals surface area contributed by atoms with Crippen molar-refractivity contribution < 1.29 is 9.53 Å². The van der Waals surface area contributed by atoms with Gasteiger partial charge >= 0.3 is 0 Å². The molecule has 4 nitrogen and oxygen atoms in total. The zero-order valence-corrected chi connectivity index (χ0v) is 14.2. The zero-order chi connectivity index (χ0) is 16.4. The van der Waals surface area contributed by atoms with Gasteiger partial charge < -0.3 is 10.5 Å². The number of Topliss-reactive ketones (excluding diaryl/α,β-unsaturated/α-hetero) is 1. The van der Waals surface area contributed by atoms with E-state index in [0.29, 0.717) is 36.2 Å². The number of benzene rings is 1. The lowest BCUT2D eigenvalue weighted by Gasteiger charge is -2.41. The van der Waals surface area contributed by atoms with Gasteiger partial charge in [0.25, 0.3) is 0 Å². The summed E-state index contributed by atoms with van der Waals surface area (Å²) in [7, 11) is 0. The highest BCUT2D eigenvalue weighted by molar-refractivity contribution is 6.32. The molecule has 0 aromatic heterocycles. The SMILES string of the molecule is C[C@H](CN)CCC1=N[C@@]2(c3ccccc3Cl)CCC[C@@H](O1)C2=O. The summed E-state index contributed by atoms with van der Waals surface area (Å²) >= 11 is 6.38. The summed E-state index contributed by atoms with van der Waals surface area (Å²) < 4.78 is 5.87. The maximum Gasteiger partial charge on any atom is 0.205 e. The van der Waals surface area contributed by atoms with Crippen molar-refractivity contribution in [2.75, 3.05) is 6.54 Å². The molecule has 1 heterocycles. The van der Waals surface area contributed by atoms with Gasteiger partial charge in [0, 0.05) is 17.0 Å².